The molecule has 5 heteroatoms. The molecule has 1 atom stereocenters. The number of phenols is 1. The molecule has 1 rings (SSSR count). The van der Waals surface area contributed by atoms with E-state index in [9.17, 15) is 9.90 Å². The largest absolute Gasteiger partial charge is 0.507 e. The van der Waals surface area contributed by atoms with Crippen LogP contribution in [0.3, 0.4) is 0 Å². The molecule has 0 aliphatic heterocycles. The molecule has 100 valence electrons. The van der Waals surface area contributed by atoms with E-state index in [1.165, 1.54) is 6.07 Å². The number of benzene rings is 1. The van der Waals surface area contributed by atoms with Crippen molar-refractivity contribution in [2.24, 2.45) is 0 Å². The molecule has 1 aromatic carbocycles. The molecule has 0 saturated carbocycles. The Morgan fingerprint density at radius 3 is 2.83 bits per heavy atom. The van der Waals surface area contributed by atoms with E-state index in [0.717, 1.165) is 12.8 Å². The molecule has 0 saturated heterocycles. The highest BCUT2D eigenvalue weighted by atomic mass is 79.9. The zero-order valence-corrected chi connectivity index (χ0v) is 12.2. The molecule has 1 aromatic rings. The van der Waals surface area contributed by atoms with E-state index in [1.807, 2.05) is 0 Å². The van der Waals surface area contributed by atoms with E-state index in [-0.39, 0.29) is 17.7 Å². The van der Waals surface area contributed by atoms with Gasteiger partial charge in [-0.15, -0.1) is 0 Å². The van der Waals surface area contributed by atoms with Crippen LogP contribution in [0.5, 0.6) is 5.75 Å². The van der Waals surface area contributed by atoms with E-state index in [2.05, 4.69) is 28.2 Å². The van der Waals surface area contributed by atoms with Gasteiger partial charge in [-0.25, -0.2) is 0 Å². The first-order valence-electron chi connectivity index (χ1n) is 5.86. The van der Waals surface area contributed by atoms with E-state index >= 15 is 0 Å². The molecule has 0 heterocycles. The molecule has 0 fully saturated rings. The number of amides is 1. The third-order valence-electron chi connectivity index (χ3n) is 2.55. The fourth-order valence-corrected chi connectivity index (χ4v) is 1.92. The number of halogens is 1. The Hall–Kier alpha value is -1.07. The van der Waals surface area contributed by atoms with Crippen LogP contribution in [0.15, 0.2) is 22.7 Å². The minimum absolute atomic E-state index is 0.00158. The normalized spacial score (nSPS) is 12.2. The lowest BCUT2D eigenvalue weighted by Gasteiger charge is -2.17. The van der Waals surface area contributed by atoms with E-state index in [0.29, 0.717) is 16.6 Å². The van der Waals surface area contributed by atoms with Gasteiger partial charge in [0.05, 0.1) is 17.1 Å². The Balaban J connectivity index is 2.70. The smallest absolute Gasteiger partial charge is 0.251 e. The Labute approximate surface area is 115 Å². The molecular formula is C13H18BrNO3. The summed E-state index contributed by atoms with van der Waals surface area (Å²) < 4.78 is 5.63. The van der Waals surface area contributed by atoms with Crippen molar-refractivity contribution in [3.8, 4) is 5.75 Å². The second-order valence-electron chi connectivity index (χ2n) is 4.08. The van der Waals surface area contributed by atoms with E-state index in [4.69, 9.17) is 4.74 Å². The molecule has 4 nitrogen and oxygen atoms in total. The Morgan fingerprint density at radius 2 is 2.28 bits per heavy atom. The predicted molar refractivity (Wildman–Crippen MR) is 73.8 cm³/mol. The quantitative estimate of drug-likeness (QED) is 0.848. The van der Waals surface area contributed by atoms with Gasteiger partial charge in [0, 0.05) is 12.7 Å². The van der Waals surface area contributed by atoms with Crippen LogP contribution in [0.25, 0.3) is 0 Å². The average Bonchev–Trinajstić information content (AvgIpc) is 2.33. The summed E-state index contributed by atoms with van der Waals surface area (Å²) in [5.74, 6) is -0.144. The minimum Gasteiger partial charge on any atom is -0.507 e. The summed E-state index contributed by atoms with van der Waals surface area (Å²) in [6, 6.07) is 4.75. The fourth-order valence-electron chi connectivity index (χ4n) is 1.67. The number of carbonyl (C=O) groups excluding carboxylic acids is 1. The van der Waals surface area contributed by atoms with Gasteiger partial charge in [-0.05, 0) is 40.5 Å². The van der Waals surface area contributed by atoms with Crippen LogP contribution in [0, 0.1) is 0 Å². The Morgan fingerprint density at radius 1 is 1.56 bits per heavy atom. The highest BCUT2D eigenvalue weighted by Crippen LogP contribution is 2.24. The highest BCUT2D eigenvalue weighted by molar-refractivity contribution is 9.10. The molecule has 0 spiro atoms. The number of ether oxygens (including phenoxy) is 1. The van der Waals surface area contributed by atoms with Gasteiger partial charge in [-0.1, -0.05) is 13.3 Å². The van der Waals surface area contributed by atoms with Gasteiger partial charge in [-0.3, -0.25) is 4.79 Å². The number of methoxy groups -OCH3 is 1. The SMILES string of the molecule is CCCC(COC)NC(=O)c1ccc(Br)c(O)c1. The lowest BCUT2D eigenvalue weighted by molar-refractivity contribution is 0.0891. The maximum Gasteiger partial charge on any atom is 0.251 e. The maximum atomic E-state index is 12.0. The Bertz CT molecular complexity index is 403. The van der Waals surface area contributed by atoms with Gasteiger partial charge >= 0.3 is 0 Å². The summed E-state index contributed by atoms with van der Waals surface area (Å²) in [5.41, 5.74) is 0.438. The molecule has 0 aliphatic carbocycles. The monoisotopic (exact) mass is 315 g/mol. The lowest BCUT2D eigenvalue weighted by atomic mass is 10.1. The van der Waals surface area contributed by atoms with Crippen molar-refractivity contribution >= 4 is 21.8 Å². The highest BCUT2D eigenvalue weighted by Gasteiger charge is 2.13. The van der Waals surface area contributed by atoms with Gasteiger partial charge in [-0.2, -0.15) is 0 Å². The fraction of sp³-hybridized carbons (Fsp3) is 0.462. The summed E-state index contributed by atoms with van der Waals surface area (Å²) in [4.78, 5) is 12.0. The number of aromatic hydroxyl groups is 1. The van der Waals surface area contributed by atoms with Crippen LogP contribution in [-0.2, 0) is 4.74 Å². The van der Waals surface area contributed by atoms with Crippen molar-refractivity contribution in [3.63, 3.8) is 0 Å². The molecule has 0 aliphatic rings. The van der Waals surface area contributed by atoms with Crippen LogP contribution >= 0.6 is 15.9 Å². The molecular weight excluding hydrogens is 298 g/mol. The van der Waals surface area contributed by atoms with Crippen molar-refractivity contribution in [3.05, 3.63) is 28.2 Å². The molecule has 0 aromatic heterocycles. The molecule has 2 N–H and O–H groups in total. The number of nitrogens with one attached hydrogen (secondary N) is 1. The van der Waals surface area contributed by atoms with Gasteiger partial charge in [0.2, 0.25) is 0 Å². The van der Waals surface area contributed by atoms with Crippen LogP contribution in [0.4, 0.5) is 0 Å². The summed E-state index contributed by atoms with van der Waals surface area (Å²) in [6.45, 7) is 2.54. The molecule has 18 heavy (non-hydrogen) atoms. The lowest BCUT2D eigenvalue weighted by Crippen LogP contribution is -2.37. The molecule has 0 radical (unpaired) electrons. The van der Waals surface area contributed by atoms with E-state index < -0.39 is 0 Å². The van der Waals surface area contributed by atoms with Gasteiger partial charge in [0.15, 0.2) is 0 Å². The maximum absolute atomic E-state index is 12.0. The first kappa shape index (κ1) is 15.0. The average molecular weight is 316 g/mol. The predicted octanol–water partition coefficient (Wildman–Crippen LogP) is 2.70. The number of rotatable bonds is 6. The van der Waals surface area contributed by atoms with Crippen LogP contribution in [-0.4, -0.2) is 30.8 Å². The second-order valence-corrected chi connectivity index (χ2v) is 4.93. The minimum atomic E-state index is -0.201. The van der Waals surface area contributed by atoms with E-state index in [1.54, 1.807) is 19.2 Å². The van der Waals surface area contributed by atoms with Crippen LogP contribution in [0.1, 0.15) is 30.1 Å². The number of hydrogen-bond donors (Lipinski definition) is 2. The zero-order chi connectivity index (χ0) is 13.5. The van der Waals surface area contributed by atoms with Crippen molar-refractivity contribution in [2.45, 2.75) is 25.8 Å². The zero-order valence-electron chi connectivity index (χ0n) is 10.6. The van der Waals surface area contributed by atoms with Gasteiger partial charge in [0.25, 0.3) is 5.91 Å². The van der Waals surface area contributed by atoms with Crippen molar-refractivity contribution in [2.75, 3.05) is 13.7 Å². The second kappa shape index (κ2) is 7.38. The van der Waals surface area contributed by atoms with Crippen molar-refractivity contribution in [1.29, 1.82) is 0 Å². The van der Waals surface area contributed by atoms with Crippen LogP contribution < -0.4 is 5.32 Å². The standard InChI is InChI=1S/C13H18BrNO3/c1-3-4-10(8-18-2)15-13(17)9-5-6-11(14)12(16)7-9/h5-7,10,16H,3-4,8H2,1-2H3,(H,15,17). The summed E-state index contributed by atoms with van der Waals surface area (Å²) in [7, 11) is 1.61. The molecule has 0 bridgehead atoms. The third kappa shape index (κ3) is 4.31. The number of phenolic OH excluding ortho intramolecular Hbond substituents is 1. The number of hydrogen-bond acceptors (Lipinski definition) is 3. The van der Waals surface area contributed by atoms with Gasteiger partial charge < -0.3 is 15.2 Å². The number of carbonyl (C=O) groups is 1. The van der Waals surface area contributed by atoms with Gasteiger partial charge in [0.1, 0.15) is 5.75 Å². The van der Waals surface area contributed by atoms with Crippen molar-refractivity contribution < 1.29 is 14.6 Å². The molecule has 1 amide bonds. The summed E-state index contributed by atoms with van der Waals surface area (Å²) in [6.07, 6.45) is 1.84. The summed E-state index contributed by atoms with van der Waals surface area (Å²) in [5, 5.41) is 12.4. The third-order valence-corrected chi connectivity index (χ3v) is 3.22. The summed E-state index contributed by atoms with van der Waals surface area (Å²) >= 11 is 3.18. The topological polar surface area (TPSA) is 58.6 Å². The Kier molecular flexibility index (Phi) is 6.15. The molecule has 1 unspecified atom stereocenters. The van der Waals surface area contributed by atoms with Crippen molar-refractivity contribution in [1.82, 2.24) is 5.32 Å². The first-order valence-corrected chi connectivity index (χ1v) is 6.66. The first-order chi connectivity index (χ1) is 8.58. The van der Waals surface area contributed by atoms with Crippen LogP contribution in [0.2, 0.25) is 0 Å².